The van der Waals surface area contributed by atoms with Gasteiger partial charge in [-0.25, -0.2) is 0 Å². The van der Waals surface area contributed by atoms with E-state index in [1.54, 1.807) is 7.11 Å². The lowest BCUT2D eigenvalue weighted by molar-refractivity contribution is 0.410. The number of hydrogen-bond donors (Lipinski definition) is 1. The van der Waals surface area contributed by atoms with Gasteiger partial charge in [-0.05, 0) is 66.6 Å². The van der Waals surface area contributed by atoms with Crippen LogP contribution < -0.4 is 10.1 Å². The fourth-order valence-corrected chi connectivity index (χ4v) is 3.06. The first-order valence-corrected chi connectivity index (χ1v) is 7.57. The van der Waals surface area contributed by atoms with E-state index in [0.717, 1.165) is 18.7 Å². The van der Waals surface area contributed by atoms with Crippen molar-refractivity contribution in [2.75, 3.05) is 7.11 Å². The molecule has 1 aliphatic rings. The van der Waals surface area contributed by atoms with Crippen molar-refractivity contribution in [1.82, 2.24) is 10.3 Å². The normalized spacial score (nSPS) is 17.3. The number of aromatic nitrogens is 1. The predicted octanol–water partition coefficient (Wildman–Crippen LogP) is 3.57. The maximum atomic E-state index is 5.33. The Hall–Kier alpha value is -1.87. The molecule has 3 nitrogen and oxygen atoms in total. The second kappa shape index (κ2) is 6.27. The van der Waals surface area contributed by atoms with Gasteiger partial charge < -0.3 is 10.1 Å². The molecule has 0 amide bonds. The molecular formula is C18H22N2O. The standard InChI is InChI=1S/C18H22N2O/c1-13-11-19-9-8-15(13)12-20-18-5-3-4-14-10-16(21-2)6-7-17(14)18/h6-11,18,20H,3-5,12H2,1-2H3. The molecule has 21 heavy (non-hydrogen) atoms. The van der Waals surface area contributed by atoms with E-state index in [1.165, 1.54) is 35.1 Å². The number of nitrogens with zero attached hydrogens (tertiary/aromatic N) is 1. The topological polar surface area (TPSA) is 34.1 Å². The Kier molecular flexibility index (Phi) is 4.20. The quantitative estimate of drug-likeness (QED) is 0.931. The fourth-order valence-electron chi connectivity index (χ4n) is 3.06. The fraction of sp³-hybridized carbons (Fsp3) is 0.389. The maximum Gasteiger partial charge on any atom is 0.119 e. The number of fused-ring (bicyclic) bond motifs is 1. The third-order valence-corrected chi connectivity index (χ3v) is 4.34. The molecule has 0 saturated heterocycles. The number of hydrogen-bond acceptors (Lipinski definition) is 3. The van der Waals surface area contributed by atoms with Crippen LogP contribution in [0.15, 0.2) is 36.7 Å². The van der Waals surface area contributed by atoms with Crippen molar-refractivity contribution in [3.05, 3.63) is 58.9 Å². The zero-order chi connectivity index (χ0) is 14.7. The van der Waals surface area contributed by atoms with Crippen LogP contribution in [0.3, 0.4) is 0 Å². The number of rotatable bonds is 4. The summed E-state index contributed by atoms with van der Waals surface area (Å²) in [5, 5.41) is 3.70. The van der Waals surface area contributed by atoms with Gasteiger partial charge in [-0.3, -0.25) is 4.98 Å². The highest BCUT2D eigenvalue weighted by Crippen LogP contribution is 2.32. The molecular weight excluding hydrogens is 260 g/mol. The van der Waals surface area contributed by atoms with E-state index in [2.05, 4.69) is 41.5 Å². The molecule has 110 valence electrons. The summed E-state index contributed by atoms with van der Waals surface area (Å²) in [7, 11) is 1.73. The van der Waals surface area contributed by atoms with Crippen LogP contribution in [0.4, 0.5) is 0 Å². The third-order valence-electron chi connectivity index (χ3n) is 4.34. The van der Waals surface area contributed by atoms with Crippen LogP contribution in [0.5, 0.6) is 5.75 Å². The molecule has 0 aliphatic heterocycles. The summed E-state index contributed by atoms with van der Waals surface area (Å²) in [6, 6.07) is 8.99. The molecule has 1 N–H and O–H groups in total. The summed E-state index contributed by atoms with van der Waals surface area (Å²) in [4.78, 5) is 4.15. The number of methoxy groups -OCH3 is 1. The minimum atomic E-state index is 0.437. The number of benzene rings is 1. The molecule has 0 fully saturated rings. The second-order valence-electron chi connectivity index (χ2n) is 5.69. The minimum Gasteiger partial charge on any atom is -0.497 e. The molecule has 1 aromatic heterocycles. The molecule has 0 radical (unpaired) electrons. The lowest BCUT2D eigenvalue weighted by Gasteiger charge is -2.27. The highest BCUT2D eigenvalue weighted by Gasteiger charge is 2.20. The molecule has 0 spiro atoms. The van der Waals surface area contributed by atoms with Gasteiger partial charge in [0.2, 0.25) is 0 Å². The van der Waals surface area contributed by atoms with Gasteiger partial charge in [0.05, 0.1) is 7.11 Å². The monoisotopic (exact) mass is 282 g/mol. The Morgan fingerprint density at radius 1 is 1.33 bits per heavy atom. The molecule has 0 saturated carbocycles. The molecule has 2 aromatic rings. The van der Waals surface area contributed by atoms with Crippen LogP contribution in [-0.2, 0) is 13.0 Å². The summed E-state index contributed by atoms with van der Waals surface area (Å²) >= 11 is 0. The number of pyridine rings is 1. The average molecular weight is 282 g/mol. The summed E-state index contributed by atoms with van der Waals surface area (Å²) in [5.41, 5.74) is 5.42. The van der Waals surface area contributed by atoms with Crippen LogP contribution >= 0.6 is 0 Å². The van der Waals surface area contributed by atoms with E-state index in [1.807, 2.05) is 12.4 Å². The molecule has 1 heterocycles. The highest BCUT2D eigenvalue weighted by molar-refractivity contribution is 5.39. The maximum absolute atomic E-state index is 5.33. The van der Waals surface area contributed by atoms with Crippen LogP contribution in [0.1, 0.15) is 41.1 Å². The van der Waals surface area contributed by atoms with Crippen molar-refractivity contribution in [2.24, 2.45) is 0 Å². The van der Waals surface area contributed by atoms with Crippen molar-refractivity contribution in [2.45, 2.75) is 38.8 Å². The van der Waals surface area contributed by atoms with Crippen LogP contribution in [0.25, 0.3) is 0 Å². The van der Waals surface area contributed by atoms with Crippen molar-refractivity contribution in [1.29, 1.82) is 0 Å². The van der Waals surface area contributed by atoms with E-state index in [-0.39, 0.29) is 0 Å². The molecule has 1 atom stereocenters. The largest absolute Gasteiger partial charge is 0.497 e. The smallest absolute Gasteiger partial charge is 0.119 e. The number of ether oxygens (including phenoxy) is 1. The Balaban J connectivity index is 1.75. The lowest BCUT2D eigenvalue weighted by atomic mass is 9.87. The summed E-state index contributed by atoms with van der Waals surface area (Å²) in [6.45, 7) is 3.01. The number of aryl methyl sites for hydroxylation is 2. The number of nitrogens with one attached hydrogen (secondary N) is 1. The Morgan fingerprint density at radius 3 is 3.05 bits per heavy atom. The van der Waals surface area contributed by atoms with Gasteiger partial charge in [0.1, 0.15) is 5.75 Å². The van der Waals surface area contributed by atoms with Gasteiger partial charge in [-0.2, -0.15) is 0 Å². The van der Waals surface area contributed by atoms with E-state index in [0.29, 0.717) is 6.04 Å². The molecule has 1 aliphatic carbocycles. The van der Waals surface area contributed by atoms with Crippen LogP contribution in [0, 0.1) is 6.92 Å². The Labute approximate surface area is 126 Å². The average Bonchev–Trinajstić information content (AvgIpc) is 2.53. The SMILES string of the molecule is COc1ccc2c(c1)CCCC2NCc1ccncc1C. The van der Waals surface area contributed by atoms with Gasteiger partial charge in [0.25, 0.3) is 0 Å². The molecule has 1 aromatic carbocycles. The third kappa shape index (κ3) is 3.08. The second-order valence-corrected chi connectivity index (χ2v) is 5.69. The van der Waals surface area contributed by atoms with Gasteiger partial charge >= 0.3 is 0 Å². The first kappa shape index (κ1) is 14.1. The van der Waals surface area contributed by atoms with E-state index in [4.69, 9.17) is 4.74 Å². The van der Waals surface area contributed by atoms with Crippen molar-refractivity contribution in [3.63, 3.8) is 0 Å². The molecule has 3 rings (SSSR count). The van der Waals surface area contributed by atoms with E-state index < -0.39 is 0 Å². The zero-order valence-electron chi connectivity index (χ0n) is 12.7. The predicted molar refractivity (Wildman–Crippen MR) is 84.5 cm³/mol. The van der Waals surface area contributed by atoms with Gasteiger partial charge in [0.15, 0.2) is 0 Å². The van der Waals surface area contributed by atoms with Crippen molar-refractivity contribution in [3.8, 4) is 5.75 Å². The lowest BCUT2D eigenvalue weighted by Crippen LogP contribution is -2.25. The zero-order valence-corrected chi connectivity index (χ0v) is 12.7. The first-order valence-electron chi connectivity index (χ1n) is 7.57. The summed E-state index contributed by atoms with van der Waals surface area (Å²) < 4.78 is 5.33. The summed E-state index contributed by atoms with van der Waals surface area (Å²) in [5.74, 6) is 0.958. The van der Waals surface area contributed by atoms with Crippen LogP contribution in [0.2, 0.25) is 0 Å². The van der Waals surface area contributed by atoms with E-state index in [9.17, 15) is 0 Å². The van der Waals surface area contributed by atoms with Crippen molar-refractivity contribution >= 4 is 0 Å². The molecule has 1 unspecified atom stereocenters. The molecule has 0 bridgehead atoms. The van der Waals surface area contributed by atoms with E-state index >= 15 is 0 Å². The van der Waals surface area contributed by atoms with Gasteiger partial charge in [0, 0.05) is 25.0 Å². The Bertz CT molecular complexity index is 624. The van der Waals surface area contributed by atoms with Crippen LogP contribution in [-0.4, -0.2) is 12.1 Å². The molecule has 3 heteroatoms. The van der Waals surface area contributed by atoms with Gasteiger partial charge in [-0.15, -0.1) is 0 Å². The highest BCUT2D eigenvalue weighted by atomic mass is 16.5. The minimum absolute atomic E-state index is 0.437. The summed E-state index contributed by atoms with van der Waals surface area (Å²) in [6.07, 6.45) is 7.37. The van der Waals surface area contributed by atoms with Crippen molar-refractivity contribution < 1.29 is 4.74 Å². The van der Waals surface area contributed by atoms with Gasteiger partial charge in [-0.1, -0.05) is 6.07 Å². The Morgan fingerprint density at radius 2 is 2.24 bits per heavy atom. The first-order chi connectivity index (χ1) is 10.3.